The Morgan fingerprint density at radius 2 is 1.95 bits per heavy atom. The van der Waals surface area contributed by atoms with E-state index in [4.69, 9.17) is 0 Å². The van der Waals surface area contributed by atoms with E-state index in [1.807, 2.05) is 0 Å². The van der Waals surface area contributed by atoms with E-state index in [-0.39, 0.29) is 18.0 Å². The molecule has 6 nitrogen and oxygen atoms in total. The highest BCUT2D eigenvalue weighted by Crippen LogP contribution is 2.34. The van der Waals surface area contributed by atoms with Crippen LogP contribution in [0.2, 0.25) is 0 Å². The Kier molecular flexibility index (Phi) is 3.69. The molecule has 0 aromatic carbocycles. The van der Waals surface area contributed by atoms with Crippen LogP contribution in [-0.4, -0.2) is 64.7 Å². The molecule has 2 heterocycles. The number of imide groups is 1. The van der Waals surface area contributed by atoms with Crippen LogP contribution in [0.1, 0.15) is 38.5 Å². The molecule has 0 aromatic rings. The lowest BCUT2D eigenvalue weighted by molar-refractivity contribution is -0.131. The van der Waals surface area contributed by atoms with Gasteiger partial charge in [-0.2, -0.15) is 0 Å². The Balaban J connectivity index is 1.57. The zero-order valence-corrected chi connectivity index (χ0v) is 11.8. The number of carbonyl (C=O) groups excluding carboxylic acids is 2. The first-order valence-corrected chi connectivity index (χ1v) is 7.65. The van der Waals surface area contributed by atoms with Gasteiger partial charge in [-0.1, -0.05) is 12.8 Å². The number of carbonyl (C=O) groups is 2. The quantitative estimate of drug-likeness (QED) is 0.730. The van der Waals surface area contributed by atoms with Crippen molar-refractivity contribution in [3.63, 3.8) is 0 Å². The SMILES string of the molecule is O=C1NC2(CCCC2)C(=O)N1CCN1CCCC(O)C1. The summed E-state index contributed by atoms with van der Waals surface area (Å²) in [6.07, 6.45) is 5.13. The lowest BCUT2D eigenvalue weighted by Crippen LogP contribution is -2.46. The summed E-state index contributed by atoms with van der Waals surface area (Å²) in [4.78, 5) is 28.0. The summed E-state index contributed by atoms with van der Waals surface area (Å²) in [6, 6.07) is -0.241. The monoisotopic (exact) mass is 281 g/mol. The summed E-state index contributed by atoms with van der Waals surface area (Å²) >= 11 is 0. The van der Waals surface area contributed by atoms with Gasteiger partial charge in [0.15, 0.2) is 0 Å². The van der Waals surface area contributed by atoms with Crippen LogP contribution in [0, 0.1) is 0 Å². The van der Waals surface area contributed by atoms with Gasteiger partial charge in [0.25, 0.3) is 5.91 Å². The van der Waals surface area contributed by atoms with Gasteiger partial charge in [0.2, 0.25) is 0 Å². The second kappa shape index (κ2) is 5.33. The van der Waals surface area contributed by atoms with Crippen LogP contribution in [0.3, 0.4) is 0 Å². The minimum absolute atomic E-state index is 0.0439. The number of aliphatic hydroxyl groups excluding tert-OH is 1. The smallest absolute Gasteiger partial charge is 0.325 e. The molecule has 2 saturated heterocycles. The fourth-order valence-corrected chi connectivity index (χ4v) is 3.67. The third-order valence-electron chi connectivity index (χ3n) is 4.82. The Bertz CT molecular complexity index is 406. The number of nitrogens with one attached hydrogen (secondary N) is 1. The Labute approximate surface area is 119 Å². The van der Waals surface area contributed by atoms with Crippen LogP contribution in [0.4, 0.5) is 4.79 Å². The lowest BCUT2D eigenvalue weighted by atomic mass is 9.98. The van der Waals surface area contributed by atoms with E-state index in [9.17, 15) is 14.7 Å². The maximum atomic E-state index is 12.5. The van der Waals surface area contributed by atoms with Crippen LogP contribution in [0.15, 0.2) is 0 Å². The summed E-state index contributed by atoms with van der Waals surface area (Å²) in [7, 11) is 0. The first kappa shape index (κ1) is 13.8. The Hall–Kier alpha value is -1.14. The minimum atomic E-state index is -0.599. The molecular weight excluding hydrogens is 258 g/mol. The normalized spacial score (nSPS) is 30.2. The molecule has 3 aliphatic rings. The molecule has 3 amide bonds. The number of β-amino-alcohol motifs (C(OH)–C–C–N with tert-alkyl or cyclic N) is 1. The van der Waals surface area contributed by atoms with Crippen molar-refractivity contribution in [2.24, 2.45) is 0 Å². The zero-order chi connectivity index (χ0) is 14.2. The van der Waals surface area contributed by atoms with Crippen LogP contribution in [0.5, 0.6) is 0 Å². The summed E-state index contributed by atoms with van der Waals surface area (Å²) < 4.78 is 0. The van der Waals surface area contributed by atoms with E-state index in [1.165, 1.54) is 4.90 Å². The topological polar surface area (TPSA) is 72.9 Å². The third-order valence-corrected chi connectivity index (χ3v) is 4.82. The van der Waals surface area contributed by atoms with Crippen LogP contribution in [0.25, 0.3) is 0 Å². The van der Waals surface area contributed by atoms with Gasteiger partial charge < -0.3 is 10.4 Å². The van der Waals surface area contributed by atoms with Crippen molar-refractivity contribution in [2.75, 3.05) is 26.2 Å². The number of piperidine rings is 1. The number of hydrogen-bond donors (Lipinski definition) is 2. The summed E-state index contributed by atoms with van der Waals surface area (Å²) in [5, 5.41) is 12.5. The number of urea groups is 1. The van der Waals surface area contributed by atoms with Crippen molar-refractivity contribution in [3.05, 3.63) is 0 Å². The van der Waals surface area contributed by atoms with E-state index in [0.29, 0.717) is 19.6 Å². The molecule has 2 N–H and O–H groups in total. The highest BCUT2D eigenvalue weighted by molar-refractivity contribution is 6.07. The molecule has 2 aliphatic heterocycles. The molecular formula is C14H23N3O3. The Morgan fingerprint density at radius 3 is 2.65 bits per heavy atom. The molecule has 1 spiro atoms. The van der Waals surface area contributed by atoms with Gasteiger partial charge in [0.1, 0.15) is 5.54 Å². The molecule has 20 heavy (non-hydrogen) atoms. The molecule has 1 unspecified atom stereocenters. The molecule has 3 rings (SSSR count). The van der Waals surface area contributed by atoms with Crippen molar-refractivity contribution in [1.29, 1.82) is 0 Å². The van der Waals surface area contributed by atoms with Crippen molar-refractivity contribution < 1.29 is 14.7 Å². The maximum absolute atomic E-state index is 12.5. The van der Waals surface area contributed by atoms with Gasteiger partial charge in [0, 0.05) is 19.6 Å². The van der Waals surface area contributed by atoms with Crippen molar-refractivity contribution in [3.8, 4) is 0 Å². The van der Waals surface area contributed by atoms with E-state index in [1.54, 1.807) is 0 Å². The lowest BCUT2D eigenvalue weighted by Gasteiger charge is -2.30. The van der Waals surface area contributed by atoms with E-state index < -0.39 is 5.54 Å². The highest BCUT2D eigenvalue weighted by Gasteiger charge is 2.52. The average Bonchev–Trinajstić information content (AvgIpc) is 2.96. The van der Waals surface area contributed by atoms with Gasteiger partial charge in [-0.3, -0.25) is 14.6 Å². The van der Waals surface area contributed by atoms with Crippen LogP contribution < -0.4 is 5.32 Å². The number of nitrogens with zero attached hydrogens (tertiary/aromatic N) is 2. The summed E-state index contributed by atoms with van der Waals surface area (Å²) in [6.45, 7) is 2.67. The number of hydrogen-bond acceptors (Lipinski definition) is 4. The molecule has 1 saturated carbocycles. The molecule has 3 fully saturated rings. The molecule has 0 radical (unpaired) electrons. The second-order valence-electron chi connectivity index (χ2n) is 6.27. The molecule has 112 valence electrons. The van der Waals surface area contributed by atoms with Gasteiger partial charge in [-0.25, -0.2) is 4.79 Å². The standard InChI is InChI=1S/C14H23N3O3/c18-11-4-3-7-16(10-11)8-9-17-12(19)14(15-13(17)20)5-1-2-6-14/h11,18H,1-10H2,(H,15,20). The predicted octanol–water partition coefficient (Wildman–Crippen LogP) is 0.308. The van der Waals surface area contributed by atoms with Crippen LogP contribution >= 0.6 is 0 Å². The molecule has 0 bridgehead atoms. The fourth-order valence-electron chi connectivity index (χ4n) is 3.67. The van der Waals surface area contributed by atoms with Crippen molar-refractivity contribution in [2.45, 2.75) is 50.2 Å². The van der Waals surface area contributed by atoms with Gasteiger partial charge in [-0.05, 0) is 32.2 Å². The number of amides is 3. The second-order valence-corrected chi connectivity index (χ2v) is 6.27. The summed E-state index contributed by atoms with van der Waals surface area (Å²) in [5.41, 5.74) is -0.599. The zero-order valence-electron chi connectivity index (χ0n) is 11.8. The first-order valence-electron chi connectivity index (χ1n) is 7.65. The first-order chi connectivity index (χ1) is 9.61. The van der Waals surface area contributed by atoms with Crippen molar-refractivity contribution in [1.82, 2.24) is 15.1 Å². The average molecular weight is 281 g/mol. The number of rotatable bonds is 3. The molecule has 0 aromatic heterocycles. The van der Waals surface area contributed by atoms with Crippen molar-refractivity contribution >= 4 is 11.9 Å². The van der Waals surface area contributed by atoms with Gasteiger partial charge in [0.05, 0.1) is 6.10 Å². The van der Waals surface area contributed by atoms with E-state index in [2.05, 4.69) is 10.2 Å². The molecule has 6 heteroatoms. The predicted molar refractivity (Wildman–Crippen MR) is 73.1 cm³/mol. The number of likely N-dealkylation sites (tertiary alicyclic amines) is 1. The van der Waals surface area contributed by atoms with Crippen LogP contribution in [-0.2, 0) is 4.79 Å². The van der Waals surface area contributed by atoms with Gasteiger partial charge >= 0.3 is 6.03 Å². The van der Waals surface area contributed by atoms with Gasteiger partial charge in [-0.15, -0.1) is 0 Å². The highest BCUT2D eigenvalue weighted by atomic mass is 16.3. The molecule has 1 aliphatic carbocycles. The summed E-state index contributed by atoms with van der Waals surface area (Å²) in [5.74, 6) is -0.0439. The van der Waals surface area contributed by atoms with E-state index in [0.717, 1.165) is 45.1 Å². The van der Waals surface area contributed by atoms with E-state index >= 15 is 0 Å². The Morgan fingerprint density at radius 1 is 1.20 bits per heavy atom. The third kappa shape index (κ3) is 2.42. The number of aliphatic hydroxyl groups is 1. The fraction of sp³-hybridized carbons (Fsp3) is 0.857. The maximum Gasteiger partial charge on any atom is 0.325 e. The largest absolute Gasteiger partial charge is 0.392 e. The minimum Gasteiger partial charge on any atom is -0.392 e. The molecule has 1 atom stereocenters.